The largest absolute Gasteiger partial charge is 0.264 e. The molecular weight excluding hydrogens is 348 g/mol. The van der Waals surface area contributed by atoms with Gasteiger partial charge in [0.15, 0.2) is 0 Å². The number of aromatic nitrogens is 3. The summed E-state index contributed by atoms with van der Waals surface area (Å²) in [6.45, 7) is 0. The van der Waals surface area contributed by atoms with Crippen LogP contribution in [0.4, 0.5) is 5.95 Å². The lowest BCUT2D eigenvalue weighted by molar-refractivity contribution is 0.601. The lowest BCUT2D eigenvalue weighted by Crippen LogP contribution is -2.13. The Kier molecular flexibility index (Phi) is 4.82. The van der Waals surface area contributed by atoms with Crippen molar-refractivity contribution >= 4 is 27.6 Å². The summed E-state index contributed by atoms with van der Waals surface area (Å²) in [6.07, 6.45) is 1.43. The number of rotatable bonds is 6. The molecule has 2 aromatic carbocycles. The van der Waals surface area contributed by atoms with Crippen molar-refractivity contribution in [2.75, 3.05) is 4.72 Å². The van der Waals surface area contributed by atoms with Crippen LogP contribution in [-0.2, 0) is 22.9 Å². The number of H-pyrrole nitrogens is 1. The maximum atomic E-state index is 12.3. The molecule has 3 aromatic rings. The monoisotopic (exact) mass is 362 g/mol. The van der Waals surface area contributed by atoms with Crippen molar-refractivity contribution < 1.29 is 8.42 Å². The fraction of sp³-hybridized carbons (Fsp3) is 0.125. The third kappa shape index (κ3) is 4.12. The van der Waals surface area contributed by atoms with Crippen molar-refractivity contribution in [2.24, 2.45) is 0 Å². The van der Waals surface area contributed by atoms with Crippen LogP contribution in [0.15, 0.2) is 59.5 Å². The second-order valence-corrected chi connectivity index (χ2v) is 7.27. The van der Waals surface area contributed by atoms with Gasteiger partial charge in [-0.2, -0.15) is 4.98 Å². The van der Waals surface area contributed by atoms with Crippen molar-refractivity contribution in [3.05, 3.63) is 71.0 Å². The summed E-state index contributed by atoms with van der Waals surface area (Å²) in [5.74, 6) is 0.640. The molecule has 24 heavy (non-hydrogen) atoms. The van der Waals surface area contributed by atoms with Crippen LogP contribution in [-0.4, -0.2) is 23.6 Å². The van der Waals surface area contributed by atoms with Crippen molar-refractivity contribution in [3.8, 4) is 0 Å². The number of nitrogens with one attached hydrogen (secondary N) is 2. The van der Waals surface area contributed by atoms with E-state index in [1.165, 1.54) is 29.8 Å². The molecule has 0 fully saturated rings. The first-order chi connectivity index (χ1) is 11.5. The van der Waals surface area contributed by atoms with Crippen LogP contribution in [0.25, 0.3) is 0 Å². The third-order valence-corrected chi connectivity index (χ3v) is 4.97. The highest BCUT2D eigenvalue weighted by molar-refractivity contribution is 7.92. The summed E-state index contributed by atoms with van der Waals surface area (Å²) in [5.41, 5.74) is 1.18. The molecule has 0 amide bonds. The molecule has 0 bridgehead atoms. The van der Waals surface area contributed by atoms with Gasteiger partial charge < -0.3 is 0 Å². The number of hydrogen-bond donors (Lipinski definition) is 2. The predicted octanol–water partition coefficient (Wildman–Crippen LogP) is 3.04. The molecule has 0 aliphatic rings. The minimum absolute atomic E-state index is 0.0213. The summed E-state index contributed by atoms with van der Waals surface area (Å²) in [7, 11) is -3.74. The Hall–Kier alpha value is -2.38. The van der Waals surface area contributed by atoms with Crippen molar-refractivity contribution in [3.63, 3.8) is 0 Å². The van der Waals surface area contributed by atoms with E-state index < -0.39 is 10.0 Å². The molecule has 0 saturated carbocycles. The molecule has 0 aliphatic heterocycles. The highest BCUT2D eigenvalue weighted by atomic mass is 35.5. The SMILES string of the molecule is O=S(=O)(Nc1n[nH]c(CCc2ccccc2)n1)c1ccc(Cl)cc1. The van der Waals surface area contributed by atoms with Crippen molar-refractivity contribution in [2.45, 2.75) is 17.7 Å². The van der Waals surface area contributed by atoms with Gasteiger partial charge in [-0.25, -0.2) is 13.1 Å². The van der Waals surface area contributed by atoms with Gasteiger partial charge in [0, 0.05) is 11.4 Å². The van der Waals surface area contributed by atoms with Crippen LogP contribution in [0.5, 0.6) is 0 Å². The molecule has 6 nitrogen and oxygen atoms in total. The molecule has 0 saturated heterocycles. The third-order valence-electron chi connectivity index (χ3n) is 3.37. The number of halogens is 1. The van der Waals surface area contributed by atoms with Gasteiger partial charge in [0.2, 0.25) is 0 Å². The Balaban J connectivity index is 1.66. The Morgan fingerprint density at radius 2 is 1.71 bits per heavy atom. The first-order valence-corrected chi connectivity index (χ1v) is 9.13. The first-order valence-electron chi connectivity index (χ1n) is 7.26. The molecule has 0 spiro atoms. The fourth-order valence-corrected chi connectivity index (χ4v) is 3.22. The molecule has 3 rings (SSSR count). The lowest BCUT2D eigenvalue weighted by Gasteiger charge is -2.04. The van der Waals surface area contributed by atoms with Gasteiger partial charge in [-0.3, -0.25) is 5.10 Å². The summed E-state index contributed by atoms with van der Waals surface area (Å²) >= 11 is 5.77. The number of anilines is 1. The van der Waals surface area contributed by atoms with Crippen LogP contribution in [0.3, 0.4) is 0 Å². The van der Waals surface area contributed by atoms with E-state index in [1.807, 2.05) is 30.3 Å². The number of sulfonamides is 1. The summed E-state index contributed by atoms with van der Waals surface area (Å²) in [4.78, 5) is 4.27. The van der Waals surface area contributed by atoms with Gasteiger partial charge >= 0.3 is 0 Å². The van der Waals surface area contributed by atoms with Crippen molar-refractivity contribution in [1.29, 1.82) is 0 Å². The lowest BCUT2D eigenvalue weighted by atomic mass is 10.1. The van der Waals surface area contributed by atoms with Crippen LogP contribution < -0.4 is 4.72 Å². The van der Waals surface area contributed by atoms with Gasteiger partial charge in [0.05, 0.1) is 4.90 Å². The first kappa shape index (κ1) is 16.5. The van der Waals surface area contributed by atoms with E-state index in [4.69, 9.17) is 11.6 Å². The van der Waals surface area contributed by atoms with Crippen LogP contribution in [0.2, 0.25) is 5.02 Å². The highest BCUT2D eigenvalue weighted by Crippen LogP contribution is 2.16. The molecule has 1 aromatic heterocycles. The zero-order valence-corrected chi connectivity index (χ0v) is 14.2. The number of benzene rings is 2. The van der Waals surface area contributed by atoms with Crippen LogP contribution >= 0.6 is 11.6 Å². The summed E-state index contributed by atoms with van der Waals surface area (Å²) in [5, 5.41) is 7.12. The van der Waals surface area contributed by atoms with Gasteiger partial charge in [-0.05, 0) is 36.2 Å². The molecule has 1 heterocycles. The fourth-order valence-electron chi connectivity index (χ4n) is 2.15. The average Bonchev–Trinajstić information content (AvgIpc) is 3.01. The average molecular weight is 363 g/mol. The molecular formula is C16H15ClN4O2S. The molecule has 2 N–H and O–H groups in total. The second-order valence-electron chi connectivity index (χ2n) is 5.15. The molecule has 8 heteroatoms. The van der Waals surface area contributed by atoms with Gasteiger partial charge in [0.1, 0.15) is 5.82 Å². The molecule has 0 unspecified atom stereocenters. The molecule has 0 atom stereocenters. The second kappa shape index (κ2) is 7.02. The highest BCUT2D eigenvalue weighted by Gasteiger charge is 2.16. The Morgan fingerprint density at radius 1 is 1.00 bits per heavy atom. The smallest absolute Gasteiger partial charge is 0.261 e. The van der Waals surface area contributed by atoms with Crippen LogP contribution in [0, 0.1) is 0 Å². The van der Waals surface area contributed by atoms with Crippen molar-refractivity contribution in [1.82, 2.24) is 15.2 Å². The van der Waals surface area contributed by atoms with E-state index in [0.717, 1.165) is 6.42 Å². The van der Waals surface area contributed by atoms with Gasteiger partial charge in [-0.15, -0.1) is 5.10 Å². The number of hydrogen-bond acceptors (Lipinski definition) is 4. The van der Waals surface area contributed by atoms with Gasteiger partial charge in [-0.1, -0.05) is 41.9 Å². The standard InChI is InChI=1S/C16H15ClN4O2S/c17-13-7-9-14(10-8-13)24(22,23)21-16-18-15(19-20-16)11-6-12-4-2-1-3-5-12/h1-5,7-10H,6,11H2,(H2,18,19,20,21). The Morgan fingerprint density at radius 3 is 2.42 bits per heavy atom. The van der Waals surface area contributed by atoms with E-state index in [1.54, 1.807) is 0 Å². The Bertz CT molecular complexity index is 909. The maximum absolute atomic E-state index is 12.3. The molecule has 0 aliphatic carbocycles. The molecule has 124 valence electrons. The number of aryl methyl sites for hydroxylation is 2. The number of aromatic amines is 1. The van der Waals surface area contributed by atoms with Gasteiger partial charge in [0.25, 0.3) is 16.0 Å². The topological polar surface area (TPSA) is 87.7 Å². The summed E-state index contributed by atoms with van der Waals surface area (Å²) < 4.78 is 26.9. The zero-order valence-electron chi connectivity index (χ0n) is 12.6. The number of nitrogens with zero attached hydrogens (tertiary/aromatic N) is 2. The quantitative estimate of drug-likeness (QED) is 0.705. The Labute approximate surface area is 145 Å². The minimum atomic E-state index is -3.74. The van der Waals surface area contributed by atoms with E-state index in [2.05, 4.69) is 19.9 Å². The van der Waals surface area contributed by atoms with E-state index in [9.17, 15) is 8.42 Å². The summed E-state index contributed by atoms with van der Waals surface area (Å²) in [6, 6.07) is 15.8. The van der Waals surface area contributed by atoms with E-state index in [0.29, 0.717) is 17.3 Å². The van der Waals surface area contributed by atoms with E-state index >= 15 is 0 Å². The predicted molar refractivity (Wildman–Crippen MR) is 92.5 cm³/mol. The van der Waals surface area contributed by atoms with Crippen LogP contribution in [0.1, 0.15) is 11.4 Å². The van der Waals surface area contributed by atoms with E-state index in [-0.39, 0.29) is 10.8 Å². The zero-order chi connectivity index (χ0) is 17.0. The maximum Gasteiger partial charge on any atom is 0.264 e. The minimum Gasteiger partial charge on any atom is -0.261 e. The normalized spacial score (nSPS) is 11.4. The molecule has 0 radical (unpaired) electrons.